The first kappa shape index (κ1) is 25.1. The molecule has 150 valence electrons. The zero-order valence-corrected chi connectivity index (χ0v) is 17.6. The van der Waals surface area contributed by atoms with Crippen molar-refractivity contribution in [2.24, 2.45) is 0 Å². The molecule has 0 heterocycles. The fraction of sp³-hybridized carbons (Fsp3) is 0.240. The number of carbonyl (C=O) groups excluding carboxylic acids is 1. The summed E-state index contributed by atoms with van der Waals surface area (Å²) in [5, 5.41) is 8.73. The summed E-state index contributed by atoms with van der Waals surface area (Å²) in [4.78, 5) is 11.0. The average molecular weight is 381 g/mol. The van der Waals surface area contributed by atoms with Crippen molar-refractivity contribution in [2.75, 3.05) is 13.7 Å². The Morgan fingerprint density at radius 2 is 1.11 bits per heavy atom. The molecule has 0 rings (SSSR count). The molecular weight excluding hydrogens is 348 g/mol. The second-order valence-electron chi connectivity index (χ2n) is 6.19. The number of ether oxygens (including phenoxy) is 1. The predicted molar refractivity (Wildman–Crippen MR) is 120 cm³/mol. The van der Waals surface area contributed by atoms with E-state index < -0.39 is 0 Å². The smallest absolute Gasteiger partial charge is 0.330 e. The Hall–Kier alpha value is -2.91. The van der Waals surface area contributed by atoms with Gasteiger partial charge in [-0.1, -0.05) is 101 Å². The first-order valence-electron chi connectivity index (χ1n) is 9.14. The minimum Gasteiger partial charge on any atom is -0.466 e. The summed E-state index contributed by atoms with van der Waals surface area (Å²) in [6.07, 6.45) is 26.7. The minimum atomic E-state index is -0.360. The molecule has 0 aliphatic carbocycles. The Balaban J connectivity index is 4.63. The quantitative estimate of drug-likeness (QED) is 0.300. The Kier molecular flexibility index (Phi) is 14.6. The van der Waals surface area contributed by atoms with Crippen molar-refractivity contribution in [1.29, 1.82) is 0 Å². The van der Waals surface area contributed by atoms with Gasteiger partial charge in [-0.2, -0.15) is 0 Å². The number of hydrogen-bond donors (Lipinski definition) is 1. The molecular formula is C25H32O3. The molecule has 0 aliphatic rings. The number of aliphatic hydroxyl groups is 1. The van der Waals surface area contributed by atoms with E-state index in [1.54, 1.807) is 12.2 Å². The van der Waals surface area contributed by atoms with Gasteiger partial charge in [0.05, 0.1) is 13.7 Å². The standard InChI is InChI=1S/C25H32O3/c1-21(13-8-15-23(3)17-10-20-26)11-6-7-12-22(2)14-9-16-24(4)18-19-25(27)28-5/h6-19,26H,20H2,1-5H3. The largest absolute Gasteiger partial charge is 0.466 e. The van der Waals surface area contributed by atoms with Crippen molar-refractivity contribution in [2.45, 2.75) is 27.7 Å². The monoisotopic (exact) mass is 380 g/mol. The van der Waals surface area contributed by atoms with Crippen LogP contribution in [0.15, 0.2) is 107 Å². The summed E-state index contributed by atoms with van der Waals surface area (Å²) >= 11 is 0. The summed E-state index contributed by atoms with van der Waals surface area (Å²) in [5.74, 6) is -0.360. The third kappa shape index (κ3) is 15.4. The van der Waals surface area contributed by atoms with Gasteiger partial charge in [0.15, 0.2) is 0 Å². The van der Waals surface area contributed by atoms with E-state index in [4.69, 9.17) is 5.11 Å². The lowest BCUT2D eigenvalue weighted by Crippen LogP contribution is -1.93. The summed E-state index contributed by atoms with van der Waals surface area (Å²) in [6, 6.07) is 0. The van der Waals surface area contributed by atoms with Crippen LogP contribution < -0.4 is 0 Å². The van der Waals surface area contributed by atoms with Gasteiger partial charge in [0.2, 0.25) is 0 Å². The lowest BCUT2D eigenvalue weighted by molar-refractivity contribution is -0.134. The van der Waals surface area contributed by atoms with Gasteiger partial charge >= 0.3 is 5.97 Å². The third-order valence-corrected chi connectivity index (χ3v) is 3.44. The van der Waals surface area contributed by atoms with Gasteiger partial charge in [-0.25, -0.2) is 4.79 Å². The van der Waals surface area contributed by atoms with Gasteiger partial charge < -0.3 is 9.84 Å². The van der Waals surface area contributed by atoms with E-state index in [0.29, 0.717) is 0 Å². The number of aliphatic hydroxyl groups excluding tert-OH is 1. The number of rotatable bonds is 10. The fourth-order valence-corrected chi connectivity index (χ4v) is 1.85. The van der Waals surface area contributed by atoms with Gasteiger partial charge in [0, 0.05) is 6.08 Å². The third-order valence-electron chi connectivity index (χ3n) is 3.44. The molecule has 0 aromatic rings. The molecule has 0 aromatic heterocycles. The van der Waals surface area contributed by atoms with Crippen molar-refractivity contribution < 1.29 is 14.6 Å². The predicted octanol–water partition coefficient (Wildman–Crippen LogP) is 5.72. The van der Waals surface area contributed by atoms with E-state index in [2.05, 4.69) is 4.74 Å². The Bertz CT molecular complexity index is 749. The maximum atomic E-state index is 11.0. The number of allylic oxidation sites excluding steroid dienone is 16. The van der Waals surface area contributed by atoms with Crippen LogP contribution in [0.3, 0.4) is 0 Å². The van der Waals surface area contributed by atoms with Gasteiger partial charge in [-0.05, 0) is 27.7 Å². The Morgan fingerprint density at radius 3 is 1.57 bits per heavy atom. The van der Waals surface area contributed by atoms with Crippen LogP contribution in [0, 0.1) is 0 Å². The summed E-state index contributed by atoms with van der Waals surface area (Å²) in [6.45, 7) is 8.03. The molecule has 3 heteroatoms. The number of hydrogen-bond acceptors (Lipinski definition) is 3. The topological polar surface area (TPSA) is 46.5 Å². The molecule has 0 radical (unpaired) electrons. The normalized spacial score (nSPS) is 15.2. The van der Waals surface area contributed by atoms with E-state index >= 15 is 0 Å². The highest BCUT2D eigenvalue weighted by molar-refractivity contribution is 5.82. The number of methoxy groups -OCH3 is 1. The molecule has 0 unspecified atom stereocenters. The SMILES string of the molecule is COC(=O)C=CC(C)=CC=CC(C)=CC=CC=C(C)C=CC=C(C)C=CCO. The van der Waals surface area contributed by atoms with Crippen LogP contribution in [-0.2, 0) is 9.53 Å². The maximum absolute atomic E-state index is 11.0. The Labute approximate surface area is 169 Å². The lowest BCUT2D eigenvalue weighted by atomic mass is 10.2. The number of esters is 1. The zero-order valence-electron chi connectivity index (χ0n) is 17.6. The summed E-state index contributed by atoms with van der Waals surface area (Å²) < 4.78 is 4.55. The van der Waals surface area contributed by atoms with Gasteiger partial charge in [-0.3, -0.25) is 0 Å². The van der Waals surface area contributed by atoms with Crippen LogP contribution in [0.1, 0.15) is 27.7 Å². The summed E-state index contributed by atoms with van der Waals surface area (Å²) in [5.41, 5.74) is 4.31. The molecule has 0 aromatic carbocycles. The van der Waals surface area contributed by atoms with Crippen molar-refractivity contribution in [3.63, 3.8) is 0 Å². The molecule has 3 nitrogen and oxygen atoms in total. The van der Waals surface area contributed by atoms with Gasteiger partial charge in [0.1, 0.15) is 0 Å². The fourth-order valence-electron chi connectivity index (χ4n) is 1.85. The van der Waals surface area contributed by atoms with Crippen molar-refractivity contribution in [1.82, 2.24) is 0 Å². The molecule has 28 heavy (non-hydrogen) atoms. The molecule has 0 bridgehead atoms. The highest BCUT2D eigenvalue weighted by Gasteiger charge is 1.89. The Morgan fingerprint density at radius 1 is 0.679 bits per heavy atom. The molecule has 0 amide bonds. The first-order valence-corrected chi connectivity index (χ1v) is 9.14. The molecule has 0 aliphatic heterocycles. The van der Waals surface area contributed by atoms with Crippen LogP contribution in [-0.4, -0.2) is 24.8 Å². The highest BCUT2D eigenvalue weighted by atomic mass is 16.5. The average Bonchev–Trinajstić information content (AvgIpc) is 2.67. The van der Waals surface area contributed by atoms with Gasteiger partial charge in [-0.15, -0.1) is 0 Å². The zero-order chi connectivity index (χ0) is 21.2. The van der Waals surface area contributed by atoms with Crippen LogP contribution >= 0.6 is 0 Å². The maximum Gasteiger partial charge on any atom is 0.330 e. The van der Waals surface area contributed by atoms with Crippen molar-refractivity contribution in [3.05, 3.63) is 107 Å². The van der Waals surface area contributed by atoms with Crippen molar-refractivity contribution in [3.8, 4) is 0 Å². The second kappa shape index (κ2) is 16.3. The van der Waals surface area contributed by atoms with Crippen molar-refractivity contribution >= 4 is 5.97 Å². The van der Waals surface area contributed by atoms with Crippen LogP contribution in [0.4, 0.5) is 0 Å². The van der Waals surface area contributed by atoms with Crippen LogP contribution in [0.5, 0.6) is 0 Å². The van der Waals surface area contributed by atoms with E-state index in [9.17, 15) is 4.79 Å². The van der Waals surface area contributed by atoms with E-state index in [-0.39, 0.29) is 12.6 Å². The first-order chi connectivity index (χ1) is 13.4. The minimum absolute atomic E-state index is 0.0586. The molecule has 0 spiro atoms. The van der Waals surface area contributed by atoms with E-state index in [1.165, 1.54) is 13.2 Å². The molecule has 0 saturated carbocycles. The van der Waals surface area contributed by atoms with E-state index in [1.807, 2.05) is 94.5 Å². The highest BCUT2D eigenvalue weighted by Crippen LogP contribution is 2.02. The summed E-state index contributed by atoms with van der Waals surface area (Å²) in [7, 11) is 1.36. The molecule has 0 saturated heterocycles. The second-order valence-corrected chi connectivity index (χ2v) is 6.19. The molecule has 0 fully saturated rings. The number of carbonyl (C=O) groups is 1. The lowest BCUT2D eigenvalue weighted by Gasteiger charge is -1.91. The van der Waals surface area contributed by atoms with Crippen LogP contribution in [0.25, 0.3) is 0 Å². The molecule has 0 atom stereocenters. The van der Waals surface area contributed by atoms with Gasteiger partial charge in [0.25, 0.3) is 0 Å². The van der Waals surface area contributed by atoms with Crippen LogP contribution in [0.2, 0.25) is 0 Å². The van der Waals surface area contributed by atoms with E-state index in [0.717, 1.165) is 22.3 Å². The molecule has 1 N–H and O–H groups in total.